The molecular weight excluding hydrogens is 172 g/mol. The van der Waals surface area contributed by atoms with Crippen molar-refractivity contribution in [2.75, 3.05) is 0 Å². The summed E-state index contributed by atoms with van der Waals surface area (Å²) in [5.74, 6) is 0.963. The van der Waals surface area contributed by atoms with Crippen LogP contribution in [0.4, 0.5) is 0 Å². The van der Waals surface area contributed by atoms with E-state index in [2.05, 4.69) is 13.8 Å². The zero-order valence-electron chi connectivity index (χ0n) is 8.99. The lowest BCUT2D eigenvalue weighted by Gasteiger charge is -2.03. The van der Waals surface area contributed by atoms with E-state index in [9.17, 15) is 4.79 Å². The van der Waals surface area contributed by atoms with Gasteiger partial charge in [-0.15, -0.1) is 0 Å². The van der Waals surface area contributed by atoms with Crippen LogP contribution in [0.25, 0.3) is 0 Å². The Balaban J connectivity index is 2.36. The van der Waals surface area contributed by atoms with Crippen molar-refractivity contribution in [2.24, 2.45) is 5.92 Å². The molecule has 0 aliphatic carbocycles. The number of benzene rings is 1. The van der Waals surface area contributed by atoms with E-state index >= 15 is 0 Å². The Bertz CT molecular complexity index is 275. The first-order valence-electron chi connectivity index (χ1n) is 5.28. The van der Waals surface area contributed by atoms with Crippen molar-refractivity contribution in [2.45, 2.75) is 33.1 Å². The second-order valence-electron chi connectivity index (χ2n) is 4.08. The number of carbonyl (C=O) groups is 1. The molecule has 1 nitrogen and oxygen atoms in total. The molecule has 0 aromatic heterocycles. The van der Waals surface area contributed by atoms with E-state index < -0.39 is 0 Å². The molecule has 0 bridgehead atoms. The summed E-state index contributed by atoms with van der Waals surface area (Å²) < 4.78 is 0. The lowest BCUT2D eigenvalue weighted by molar-refractivity contribution is 0.0978. The number of carbonyl (C=O) groups excluding carboxylic acids is 1. The van der Waals surface area contributed by atoms with Crippen molar-refractivity contribution in [1.29, 1.82) is 0 Å². The Morgan fingerprint density at radius 2 is 1.86 bits per heavy atom. The van der Waals surface area contributed by atoms with Gasteiger partial charge in [0, 0.05) is 12.0 Å². The highest BCUT2D eigenvalue weighted by Crippen LogP contribution is 2.10. The summed E-state index contributed by atoms with van der Waals surface area (Å²) in [5.41, 5.74) is 0.844. The molecule has 0 saturated carbocycles. The van der Waals surface area contributed by atoms with Crippen molar-refractivity contribution in [3.05, 3.63) is 35.9 Å². The van der Waals surface area contributed by atoms with E-state index in [4.69, 9.17) is 0 Å². The third kappa shape index (κ3) is 3.73. The molecule has 0 fully saturated rings. The largest absolute Gasteiger partial charge is 0.294 e. The average Bonchev–Trinajstić information content (AvgIpc) is 2.18. The third-order valence-corrected chi connectivity index (χ3v) is 2.28. The maximum absolute atomic E-state index is 11.6. The van der Waals surface area contributed by atoms with Gasteiger partial charge in [0.2, 0.25) is 0 Å². The minimum absolute atomic E-state index is 0.270. The molecule has 1 rings (SSSR count). The molecule has 14 heavy (non-hydrogen) atoms. The summed E-state index contributed by atoms with van der Waals surface area (Å²) in [6.07, 6.45) is 2.83. The molecule has 1 aromatic rings. The molecule has 0 aliphatic rings. The maximum atomic E-state index is 11.6. The smallest absolute Gasteiger partial charge is 0.162 e. The van der Waals surface area contributed by atoms with Crippen LogP contribution < -0.4 is 0 Å². The maximum Gasteiger partial charge on any atom is 0.162 e. The number of hydrogen-bond donors (Lipinski definition) is 0. The highest BCUT2D eigenvalue weighted by molar-refractivity contribution is 5.95. The van der Waals surface area contributed by atoms with Crippen LogP contribution in [0.15, 0.2) is 30.3 Å². The van der Waals surface area contributed by atoms with Gasteiger partial charge in [0.1, 0.15) is 0 Å². The molecule has 0 spiro atoms. The number of Topliss-reactive ketones (excluding diaryl/α,β-unsaturated/α-hetero) is 1. The molecule has 0 N–H and O–H groups in total. The molecule has 0 aliphatic heterocycles. The summed E-state index contributed by atoms with van der Waals surface area (Å²) in [7, 11) is 0. The quantitative estimate of drug-likeness (QED) is 0.647. The van der Waals surface area contributed by atoms with Gasteiger partial charge < -0.3 is 0 Å². The summed E-state index contributed by atoms with van der Waals surface area (Å²) in [4.78, 5) is 11.6. The summed E-state index contributed by atoms with van der Waals surface area (Å²) in [5, 5.41) is 0. The van der Waals surface area contributed by atoms with Crippen molar-refractivity contribution in [3.8, 4) is 0 Å². The van der Waals surface area contributed by atoms with Crippen LogP contribution in [-0.4, -0.2) is 5.78 Å². The lowest BCUT2D eigenvalue weighted by atomic mass is 10.0. The second kappa shape index (κ2) is 5.58. The predicted octanol–water partition coefficient (Wildman–Crippen LogP) is 3.70. The SMILES string of the molecule is CC(C)CCCC(=O)c1ccccc1. The Labute approximate surface area is 86.1 Å². The molecular formula is C13H18O. The van der Waals surface area contributed by atoms with Gasteiger partial charge in [-0.1, -0.05) is 50.6 Å². The molecule has 0 radical (unpaired) electrons. The van der Waals surface area contributed by atoms with Gasteiger partial charge in [-0.25, -0.2) is 0 Å². The molecule has 0 saturated heterocycles. The molecule has 0 atom stereocenters. The van der Waals surface area contributed by atoms with Gasteiger partial charge in [-0.2, -0.15) is 0 Å². The zero-order chi connectivity index (χ0) is 10.4. The standard InChI is InChI=1S/C13H18O/c1-11(2)7-6-10-13(14)12-8-4-3-5-9-12/h3-5,8-9,11H,6-7,10H2,1-2H3. The first kappa shape index (κ1) is 11.0. The predicted molar refractivity (Wildman–Crippen MR) is 59.5 cm³/mol. The van der Waals surface area contributed by atoms with E-state index in [0.717, 1.165) is 18.4 Å². The molecule has 0 amide bonds. The summed E-state index contributed by atoms with van der Waals surface area (Å²) in [6.45, 7) is 4.37. The van der Waals surface area contributed by atoms with Crippen LogP contribution in [0.3, 0.4) is 0 Å². The van der Waals surface area contributed by atoms with Gasteiger partial charge in [0.05, 0.1) is 0 Å². The summed E-state index contributed by atoms with van der Waals surface area (Å²) in [6, 6.07) is 9.53. The molecule has 0 unspecified atom stereocenters. The van der Waals surface area contributed by atoms with Crippen LogP contribution >= 0.6 is 0 Å². The van der Waals surface area contributed by atoms with Gasteiger partial charge in [-0.3, -0.25) is 4.79 Å². The highest BCUT2D eigenvalue weighted by Gasteiger charge is 2.04. The first-order valence-corrected chi connectivity index (χ1v) is 5.28. The van der Waals surface area contributed by atoms with Crippen LogP contribution in [0, 0.1) is 5.92 Å². The van der Waals surface area contributed by atoms with Gasteiger partial charge >= 0.3 is 0 Å². The van der Waals surface area contributed by atoms with E-state index in [0.29, 0.717) is 12.3 Å². The number of rotatable bonds is 5. The van der Waals surface area contributed by atoms with Crippen molar-refractivity contribution < 1.29 is 4.79 Å². The van der Waals surface area contributed by atoms with Crippen molar-refractivity contribution >= 4 is 5.78 Å². The Morgan fingerprint density at radius 3 is 2.43 bits per heavy atom. The molecule has 1 aromatic carbocycles. The van der Waals surface area contributed by atoms with E-state index in [1.165, 1.54) is 0 Å². The Hall–Kier alpha value is -1.11. The third-order valence-electron chi connectivity index (χ3n) is 2.28. The average molecular weight is 190 g/mol. The van der Waals surface area contributed by atoms with Gasteiger partial charge in [0.15, 0.2) is 5.78 Å². The fourth-order valence-electron chi connectivity index (χ4n) is 1.44. The number of ketones is 1. The monoisotopic (exact) mass is 190 g/mol. The van der Waals surface area contributed by atoms with Gasteiger partial charge in [-0.05, 0) is 12.3 Å². The topological polar surface area (TPSA) is 17.1 Å². The Morgan fingerprint density at radius 1 is 1.21 bits per heavy atom. The first-order chi connectivity index (χ1) is 6.70. The highest BCUT2D eigenvalue weighted by atomic mass is 16.1. The van der Waals surface area contributed by atoms with E-state index in [-0.39, 0.29) is 5.78 Å². The fourth-order valence-corrected chi connectivity index (χ4v) is 1.44. The van der Waals surface area contributed by atoms with E-state index in [1.807, 2.05) is 30.3 Å². The normalized spacial score (nSPS) is 10.5. The van der Waals surface area contributed by atoms with Crippen LogP contribution in [0.5, 0.6) is 0 Å². The second-order valence-corrected chi connectivity index (χ2v) is 4.08. The fraction of sp³-hybridized carbons (Fsp3) is 0.462. The van der Waals surface area contributed by atoms with Crippen molar-refractivity contribution in [1.82, 2.24) is 0 Å². The zero-order valence-corrected chi connectivity index (χ0v) is 8.99. The molecule has 1 heteroatoms. The van der Waals surface area contributed by atoms with Crippen LogP contribution in [-0.2, 0) is 0 Å². The van der Waals surface area contributed by atoms with Crippen LogP contribution in [0.1, 0.15) is 43.5 Å². The van der Waals surface area contributed by atoms with Gasteiger partial charge in [0.25, 0.3) is 0 Å². The summed E-state index contributed by atoms with van der Waals surface area (Å²) >= 11 is 0. The molecule has 76 valence electrons. The number of hydrogen-bond acceptors (Lipinski definition) is 1. The minimum atomic E-state index is 0.270. The molecule has 0 heterocycles. The lowest BCUT2D eigenvalue weighted by Crippen LogP contribution is -1.99. The minimum Gasteiger partial charge on any atom is -0.294 e. The van der Waals surface area contributed by atoms with Crippen LogP contribution in [0.2, 0.25) is 0 Å². The van der Waals surface area contributed by atoms with E-state index in [1.54, 1.807) is 0 Å². The van der Waals surface area contributed by atoms with Crippen molar-refractivity contribution in [3.63, 3.8) is 0 Å². The Kier molecular flexibility index (Phi) is 4.37.